The second-order valence-electron chi connectivity index (χ2n) is 2.28. The highest BCUT2D eigenvalue weighted by atomic mass is 79.9. The van der Waals surface area contributed by atoms with E-state index in [-0.39, 0.29) is 5.56 Å². The van der Waals surface area contributed by atoms with Crippen LogP contribution in [-0.2, 0) is 0 Å². The molecule has 0 atom stereocenters. The number of anilines is 1. The maximum atomic E-state index is 10.6. The molecule has 0 aliphatic carbocycles. The van der Waals surface area contributed by atoms with Gasteiger partial charge in [-0.25, -0.2) is 4.79 Å². The number of carboxylic acid groups (broad SMARTS) is 1. The van der Waals surface area contributed by atoms with Crippen molar-refractivity contribution in [2.24, 2.45) is 0 Å². The number of carboxylic acids is 1. The maximum absolute atomic E-state index is 10.6. The largest absolute Gasteiger partial charge is 0.478 e. The van der Waals surface area contributed by atoms with E-state index in [1.807, 2.05) is 6.07 Å². The third-order valence-corrected chi connectivity index (χ3v) is 1.89. The molecule has 0 saturated carbocycles. The van der Waals surface area contributed by atoms with E-state index >= 15 is 0 Å². The van der Waals surface area contributed by atoms with Gasteiger partial charge >= 0.3 is 5.97 Å². The third kappa shape index (κ3) is 1.98. The predicted octanol–water partition coefficient (Wildman–Crippen LogP) is 2.19. The summed E-state index contributed by atoms with van der Waals surface area (Å²) < 4.78 is 0.756. The zero-order chi connectivity index (χ0) is 9.14. The molecule has 12 heavy (non-hydrogen) atoms. The molecule has 2 N–H and O–H groups in total. The van der Waals surface area contributed by atoms with Crippen molar-refractivity contribution in [1.29, 1.82) is 0 Å². The van der Waals surface area contributed by atoms with E-state index in [2.05, 4.69) is 21.2 Å². The van der Waals surface area contributed by atoms with E-state index < -0.39 is 5.97 Å². The summed E-state index contributed by atoms with van der Waals surface area (Å²) in [5.74, 6) is -0.923. The van der Waals surface area contributed by atoms with Crippen LogP contribution < -0.4 is 5.32 Å². The van der Waals surface area contributed by atoms with E-state index in [9.17, 15) is 4.79 Å². The normalized spacial score (nSPS) is 9.50. The number of benzene rings is 1. The summed E-state index contributed by atoms with van der Waals surface area (Å²) in [4.78, 5) is 10.6. The first-order valence-corrected chi connectivity index (χ1v) is 4.14. The molecular formula is C8H8BrNO2. The van der Waals surface area contributed by atoms with Crippen LogP contribution >= 0.6 is 15.9 Å². The molecule has 1 aromatic carbocycles. The number of hydrogen-bond acceptors (Lipinski definition) is 2. The lowest BCUT2D eigenvalue weighted by Gasteiger charge is -2.02. The molecule has 64 valence electrons. The minimum Gasteiger partial charge on any atom is -0.478 e. The van der Waals surface area contributed by atoms with Gasteiger partial charge in [0.1, 0.15) is 0 Å². The molecule has 0 spiro atoms. The summed E-state index contributed by atoms with van der Waals surface area (Å²) in [7, 11) is 1.74. The first-order chi connectivity index (χ1) is 5.63. The van der Waals surface area contributed by atoms with Gasteiger partial charge in [-0.05, 0) is 18.2 Å². The molecule has 0 aromatic heterocycles. The van der Waals surface area contributed by atoms with Crippen molar-refractivity contribution in [3.05, 3.63) is 28.2 Å². The van der Waals surface area contributed by atoms with Crippen LogP contribution in [0.2, 0.25) is 0 Å². The van der Waals surface area contributed by atoms with Crippen molar-refractivity contribution in [2.45, 2.75) is 0 Å². The zero-order valence-corrected chi connectivity index (χ0v) is 8.05. The molecule has 0 radical (unpaired) electrons. The van der Waals surface area contributed by atoms with E-state index in [4.69, 9.17) is 5.11 Å². The van der Waals surface area contributed by atoms with E-state index in [0.717, 1.165) is 10.2 Å². The smallest absolute Gasteiger partial charge is 0.335 e. The van der Waals surface area contributed by atoms with E-state index in [1.165, 1.54) is 0 Å². The zero-order valence-electron chi connectivity index (χ0n) is 6.47. The van der Waals surface area contributed by atoms with Gasteiger partial charge in [-0.2, -0.15) is 0 Å². The van der Waals surface area contributed by atoms with Gasteiger partial charge in [0.05, 0.1) is 5.56 Å². The van der Waals surface area contributed by atoms with Crippen LogP contribution in [0.5, 0.6) is 0 Å². The fourth-order valence-corrected chi connectivity index (χ4v) is 1.35. The molecule has 0 fully saturated rings. The molecule has 4 heteroatoms. The van der Waals surface area contributed by atoms with Gasteiger partial charge in [0.15, 0.2) is 0 Å². The lowest BCUT2D eigenvalue weighted by molar-refractivity contribution is 0.0697. The Kier molecular flexibility index (Phi) is 2.70. The Morgan fingerprint density at radius 3 is 2.67 bits per heavy atom. The molecule has 1 aromatic rings. The molecule has 3 nitrogen and oxygen atoms in total. The number of halogens is 1. The van der Waals surface area contributed by atoms with Crippen molar-refractivity contribution in [2.75, 3.05) is 12.4 Å². The molecule has 0 aliphatic heterocycles. The first kappa shape index (κ1) is 9.06. The quantitative estimate of drug-likeness (QED) is 0.818. The van der Waals surface area contributed by atoms with Crippen molar-refractivity contribution < 1.29 is 9.90 Å². The summed E-state index contributed by atoms with van der Waals surface area (Å²) in [6.45, 7) is 0. The second kappa shape index (κ2) is 3.58. The molecule has 0 bridgehead atoms. The highest BCUT2D eigenvalue weighted by Crippen LogP contribution is 2.18. The van der Waals surface area contributed by atoms with Crippen LogP contribution in [0.25, 0.3) is 0 Å². The second-order valence-corrected chi connectivity index (χ2v) is 3.20. The lowest BCUT2D eigenvalue weighted by atomic mass is 10.2. The molecule has 0 unspecified atom stereocenters. The van der Waals surface area contributed by atoms with Crippen LogP contribution in [0, 0.1) is 0 Å². The highest BCUT2D eigenvalue weighted by Gasteiger charge is 2.04. The van der Waals surface area contributed by atoms with E-state index in [0.29, 0.717) is 0 Å². The van der Waals surface area contributed by atoms with E-state index in [1.54, 1.807) is 19.2 Å². The number of hydrogen-bond donors (Lipinski definition) is 2. The Labute approximate surface area is 78.5 Å². The van der Waals surface area contributed by atoms with Crippen LogP contribution in [0.3, 0.4) is 0 Å². The standard InChI is InChI=1S/C8H8BrNO2/c1-10-7-3-5(8(11)12)2-6(9)4-7/h2-4,10H,1H3,(H,11,12). The molecule has 0 saturated heterocycles. The summed E-state index contributed by atoms with van der Waals surface area (Å²) in [6.07, 6.45) is 0. The minimum absolute atomic E-state index is 0.272. The third-order valence-electron chi connectivity index (χ3n) is 1.43. The topological polar surface area (TPSA) is 49.3 Å². The lowest BCUT2D eigenvalue weighted by Crippen LogP contribution is -1.98. The monoisotopic (exact) mass is 229 g/mol. The molecule has 1 rings (SSSR count). The van der Waals surface area contributed by atoms with Gasteiger partial charge in [0, 0.05) is 17.2 Å². The molecular weight excluding hydrogens is 222 g/mol. The van der Waals surface area contributed by atoms with Gasteiger partial charge in [0.2, 0.25) is 0 Å². The van der Waals surface area contributed by atoms with Gasteiger partial charge < -0.3 is 10.4 Å². The van der Waals surface area contributed by atoms with Gasteiger partial charge in [-0.15, -0.1) is 0 Å². The highest BCUT2D eigenvalue weighted by molar-refractivity contribution is 9.10. The summed E-state index contributed by atoms with van der Waals surface area (Å²) >= 11 is 3.22. The van der Waals surface area contributed by atoms with Gasteiger partial charge in [-0.1, -0.05) is 15.9 Å². The van der Waals surface area contributed by atoms with Crippen LogP contribution in [0.15, 0.2) is 22.7 Å². The van der Waals surface area contributed by atoms with Crippen LogP contribution in [0.1, 0.15) is 10.4 Å². The SMILES string of the molecule is CNc1cc(Br)cc(C(=O)O)c1. The molecule has 0 amide bonds. The average Bonchev–Trinajstić information content (AvgIpc) is 2.03. The van der Waals surface area contributed by atoms with Crippen molar-refractivity contribution >= 4 is 27.6 Å². The Balaban J connectivity index is 3.15. The summed E-state index contributed by atoms with van der Waals surface area (Å²) in [5.41, 5.74) is 1.05. The Hall–Kier alpha value is -1.03. The minimum atomic E-state index is -0.923. The van der Waals surface area contributed by atoms with Gasteiger partial charge in [0.25, 0.3) is 0 Å². The van der Waals surface area contributed by atoms with Crippen molar-refractivity contribution in [3.63, 3.8) is 0 Å². The summed E-state index contributed by atoms with van der Waals surface area (Å²) in [5, 5.41) is 11.6. The van der Waals surface area contributed by atoms with Crippen LogP contribution in [-0.4, -0.2) is 18.1 Å². The average molecular weight is 230 g/mol. The Morgan fingerprint density at radius 2 is 2.17 bits per heavy atom. The first-order valence-electron chi connectivity index (χ1n) is 3.35. The Morgan fingerprint density at radius 1 is 1.50 bits per heavy atom. The molecule has 0 heterocycles. The van der Waals surface area contributed by atoms with Gasteiger partial charge in [-0.3, -0.25) is 0 Å². The van der Waals surface area contributed by atoms with Crippen molar-refractivity contribution in [1.82, 2.24) is 0 Å². The maximum Gasteiger partial charge on any atom is 0.335 e. The fourth-order valence-electron chi connectivity index (χ4n) is 0.857. The number of carbonyl (C=O) groups is 1. The number of rotatable bonds is 2. The summed E-state index contributed by atoms with van der Waals surface area (Å²) in [6, 6.07) is 4.95. The predicted molar refractivity (Wildman–Crippen MR) is 50.6 cm³/mol. The van der Waals surface area contributed by atoms with Crippen LogP contribution in [0.4, 0.5) is 5.69 Å². The fraction of sp³-hybridized carbons (Fsp3) is 0.125. The van der Waals surface area contributed by atoms with Crippen molar-refractivity contribution in [3.8, 4) is 0 Å². The Bertz CT molecular complexity index is 312. The number of nitrogens with one attached hydrogen (secondary N) is 1. The number of aromatic carboxylic acids is 1. The molecule has 0 aliphatic rings.